The number of aromatic carboxylic acids is 1. The number of carboxylic acid groups (broad SMARTS) is 1. The Bertz CT molecular complexity index is 403. The molecule has 1 heterocycles. The Morgan fingerprint density at radius 3 is 2.78 bits per heavy atom. The molecule has 2 rings (SSSR count). The van der Waals surface area contributed by atoms with Gasteiger partial charge in [0, 0.05) is 17.2 Å². The van der Waals surface area contributed by atoms with Crippen LogP contribution in [0.5, 0.6) is 0 Å². The topological polar surface area (TPSA) is 40.5 Å². The largest absolute Gasteiger partial charge is 0.478 e. The molecule has 0 saturated carbocycles. The highest BCUT2D eigenvalue weighted by Crippen LogP contribution is 2.20. The molecule has 1 aromatic carbocycles. The third-order valence-electron chi connectivity index (χ3n) is 3.21. The first-order valence-electron chi connectivity index (χ1n) is 6.44. The van der Waals surface area contributed by atoms with Gasteiger partial charge in [-0.15, -0.1) is 11.8 Å². The van der Waals surface area contributed by atoms with Gasteiger partial charge in [0.25, 0.3) is 0 Å². The summed E-state index contributed by atoms with van der Waals surface area (Å²) < 4.78 is 0. The number of carboxylic acids is 1. The SMILES string of the molecule is O=C(O)c1cccc(SCCN2CCCCC2)c1. The Balaban J connectivity index is 1.78. The van der Waals surface area contributed by atoms with Gasteiger partial charge in [-0.2, -0.15) is 0 Å². The van der Waals surface area contributed by atoms with Gasteiger partial charge in [0.15, 0.2) is 0 Å². The Labute approximate surface area is 112 Å². The predicted octanol–water partition coefficient (Wildman–Crippen LogP) is 2.96. The number of carbonyl (C=O) groups is 1. The second-order valence-electron chi connectivity index (χ2n) is 4.58. The van der Waals surface area contributed by atoms with E-state index in [1.54, 1.807) is 23.9 Å². The number of likely N-dealkylation sites (tertiary alicyclic amines) is 1. The van der Waals surface area contributed by atoms with Gasteiger partial charge < -0.3 is 10.0 Å². The lowest BCUT2D eigenvalue weighted by molar-refractivity contribution is 0.0696. The molecular formula is C14H19NO2S. The fourth-order valence-corrected chi connectivity index (χ4v) is 3.16. The lowest BCUT2D eigenvalue weighted by atomic mass is 10.1. The van der Waals surface area contributed by atoms with Crippen molar-refractivity contribution < 1.29 is 9.90 Å². The van der Waals surface area contributed by atoms with E-state index in [9.17, 15) is 4.79 Å². The number of hydrogen-bond donors (Lipinski definition) is 1. The zero-order chi connectivity index (χ0) is 12.8. The van der Waals surface area contributed by atoms with Gasteiger partial charge >= 0.3 is 5.97 Å². The maximum atomic E-state index is 10.9. The fourth-order valence-electron chi connectivity index (χ4n) is 2.19. The van der Waals surface area contributed by atoms with E-state index in [4.69, 9.17) is 5.11 Å². The van der Waals surface area contributed by atoms with Crippen LogP contribution in [0.25, 0.3) is 0 Å². The van der Waals surface area contributed by atoms with Crippen LogP contribution in [-0.2, 0) is 0 Å². The second kappa shape index (κ2) is 6.81. The van der Waals surface area contributed by atoms with Crippen molar-refractivity contribution >= 4 is 17.7 Å². The van der Waals surface area contributed by atoms with Crippen molar-refractivity contribution in [3.8, 4) is 0 Å². The molecule has 0 bridgehead atoms. The standard InChI is InChI=1S/C14H19NO2S/c16-14(17)12-5-4-6-13(11-12)18-10-9-15-7-2-1-3-8-15/h4-6,11H,1-3,7-10H2,(H,16,17). The summed E-state index contributed by atoms with van der Waals surface area (Å²) in [6.45, 7) is 3.54. The molecule has 1 aliphatic heterocycles. The number of nitrogens with zero attached hydrogens (tertiary/aromatic N) is 1. The molecule has 1 aromatic rings. The zero-order valence-corrected chi connectivity index (χ0v) is 11.3. The minimum absolute atomic E-state index is 0.373. The first-order valence-corrected chi connectivity index (χ1v) is 7.43. The number of piperidine rings is 1. The van der Waals surface area contributed by atoms with Crippen LogP contribution < -0.4 is 0 Å². The summed E-state index contributed by atoms with van der Waals surface area (Å²) in [4.78, 5) is 14.4. The van der Waals surface area contributed by atoms with Crippen LogP contribution in [0.3, 0.4) is 0 Å². The second-order valence-corrected chi connectivity index (χ2v) is 5.75. The van der Waals surface area contributed by atoms with Crippen LogP contribution in [0, 0.1) is 0 Å². The molecule has 0 atom stereocenters. The molecule has 0 aliphatic carbocycles. The summed E-state index contributed by atoms with van der Waals surface area (Å²) >= 11 is 1.74. The van der Waals surface area contributed by atoms with Crippen molar-refractivity contribution in [2.45, 2.75) is 24.2 Å². The minimum Gasteiger partial charge on any atom is -0.478 e. The van der Waals surface area contributed by atoms with Crippen LogP contribution in [0.1, 0.15) is 29.6 Å². The normalized spacial score (nSPS) is 16.7. The third-order valence-corrected chi connectivity index (χ3v) is 4.18. The first kappa shape index (κ1) is 13.4. The quantitative estimate of drug-likeness (QED) is 0.831. The maximum Gasteiger partial charge on any atom is 0.335 e. The van der Waals surface area contributed by atoms with Gasteiger partial charge in [0.1, 0.15) is 0 Å². The summed E-state index contributed by atoms with van der Waals surface area (Å²) in [6.07, 6.45) is 4.00. The summed E-state index contributed by atoms with van der Waals surface area (Å²) in [7, 11) is 0. The first-order chi connectivity index (χ1) is 8.75. The molecule has 3 nitrogen and oxygen atoms in total. The van der Waals surface area contributed by atoms with E-state index in [0.717, 1.165) is 17.2 Å². The molecule has 0 aromatic heterocycles. The van der Waals surface area contributed by atoms with Gasteiger partial charge in [-0.3, -0.25) is 0 Å². The van der Waals surface area contributed by atoms with Crippen LogP contribution in [-0.4, -0.2) is 41.4 Å². The third kappa shape index (κ3) is 4.03. The van der Waals surface area contributed by atoms with Crippen molar-refractivity contribution in [1.29, 1.82) is 0 Å². The summed E-state index contributed by atoms with van der Waals surface area (Å²) in [5.74, 6) is 0.178. The predicted molar refractivity (Wildman–Crippen MR) is 74.4 cm³/mol. The van der Waals surface area contributed by atoms with E-state index in [1.165, 1.54) is 32.4 Å². The van der Waals surface area contributed by atoms with E-state index in [-0.39, 0.29) is 0 Å². The van der Waals surface area contributed by atoms with Crippen LogP contribution in [0.2, 0.25) is 0 Å². The molecule has 1 aliphatic rings. The molecule has 0 radical (unpaired) electrons. The number of hydrogen-bond acceptors (Lipinski definition) is 3. The molecule has 1 saturated heterocycles. The van der Waals surface area contributed by atoms with E-state index in [1.807, 2.05) is 12.1 Å². The molecule has 18 heavy (non-hydrogen) atoms. The average molecular weight is 265 g/mol. The molecule has 0 unspecified atom stereocenters. The van der Waals surface area contributed by atoms with Crippen molar-refractivity contribution in [2.75, 3.05) is 25.4 Å². The number of thioether (sulfide) groups is 1. The Hall–Kier alpha value is -1.00. The molecule has 1 N–H and O–H groups in total. The van der Waals surface area contributed by atoms with E-state index >= 15 is 0 Å². The molecule has 4 heteroatoms. The summed E-state index contributed by atoms with van der Waals surface area (Å²) in [5, 5.41) is 8.92. The Morgan fingerprint density at radius 2 is 2.06 bits per heavy atom. The summed E-state index contributed by atoms with van der Waals surface area (Å²) in [6, 6.07) is 7.18. The van der Waals surface area contributed by atoms with Crippen molar-refractivity contribution in [3.05, 3.63) is 29.8 Å². The van der Waals surface area contributed by atoms with Gasteiger partial charge in [-0.05, 0) is 44.1 Å². The maximum absolute atomic E-state index is 10.9. The lowest BCUT2D eigenvalue weighted by Crippen LogP contribution is -2.31. The van der Waals surface area contributed by atoms with Gasteiger partial charge in [-0.25, -0.2) is 4.79 Å². The van der Waals surface area contributed by atoms with Crippen LogP contribution in [0.4, 0.5) is 0 Å². The van der Waals surface area contributed by atoms with Gasteiger partial charge in [0.05, 0.1) is 5.56 Å². The molecule has 0 amide bonds. The van der Waals surface area contributed by atoms with Crippen molar-refractivity contribution in [2.24, 2.45) is 0 Å². The molecule has 1 fully saturated rings. The van der Waals surface area contributed by atoms with E-state index in [2.05, 4.69) is 4.90 Å². The number of benzene rings is 1. The molecule has 0 spiro atoms. The average Bonchev–Trinajstić information content (AvgIpc) is 2.40. The highest BCUT2D eigenvalue weighted by Gasteiger charge is 2.09. The van der Waals surface area contributed by atoms with Crippen molar-refractivity contribution in [1.82, 2.24) is 4.90 Å². The monoisotopic (exact) mass is 265 g/mol. The van der Waals surface area contributed by atoms with Crippen molar-refractivity contribution in [3.63, 3.8) is 0 Å². The smallest absolute Gasteiger partial charge is 0.335 e. The van der Waals surface area contributed by atoms with E-state index in [0.29, 0.717) is 5.56 Å². The lowest BCUT2D eigenvalue weighted by Gasteiger charge is -2.26. The van der Waals surface area contributed by atoms with Gasteiger partial charge in [0.2, 0.25) is 0 Å². The van der Waals surface area contributed by atoms with Crippen LogP contribution >= 0.6 is 11.8 Å². The summed E-state index contributed by atoms with van der Waals surface area (Å²) in [5.41, 5.74) is 0.373. The number of rotatable bonds is 5. The minimum atomic E-state index is -0.853. The van der Waals surface area contributed by atoms with Crippen LogP contribution in [0.15, 0.2) is 29.2 Å². The Kier molecular flexibility index (Phi) is 5.08. The van der Waals surface area contributed by atoms with Gasteiger partial charge in [-0.1, -0.05) is 12.5 Å². The molecule has 98 valence electrons. The highest BCUT2D eigenvalue weighted by atomic mass is 32.2. The molecular weight excluding hydrogens is 246 g/mol. The Morgan fingerprint density at radius 1 is 1.28 bits per heavy atom. The fraction of sp³-hybridized carbons (Fsp3) is 0.500. The highest BCUT2D eigenvalue weighted by molar-refractivity contribution is 7.99. The van der Waals surface area contributed by atoms with E-state index < -0.39 is 5.97 Å². The zero-order valence-electron chi connectivity index (χ0n) is 10.5.